The fraction of sp³-hybridized carbons (Fsp3) is 0.241. The molecule has 2 aromatic carbocycles. The second-order valence-electron chi connectivity index (χ2n) is 9.25. The molecule has 1 aliphatic heterocycles. The molecule has 9 nitrogen and oxygen atoms in total. The highest BCUT2D eigenvalue weighted by Crippen LogP contribution is 2.36. The van der Waals surface area contributed by atoms with Crippen molar-refractivity contribution in [3.63, 3.8) is 0 Å². The highest BCUT2D eigenvalue weighted by Gasteiger charge is 2.35. The lowest BCUT2D eigenvalue weighted by atomic mass is 10.0. The van der Waals surface area contributed by atoms with Gasteiger partial charge in [0, 0.05) is 37.6 Å². The first-order valence-corrected chi connectivity index (χ1v) is 12.7. The van der Waals surface area contributed by atoms with Crippen LogP contribution < -0.4 is 20.7 Å². The second kappa shape index (κ2) is 12.5. The van der Waals surface area contributed by atoms with Crippen molar-refractivity contribution in [1.82, 2.24) is 14.9 Å². The molecule has 41 heavy (non-hydrogen) atoms. The van der Waals surface area contributed by atoms with Gasteiger partial charge in [-0.2, -0.15) is 18.2 Å². The molecule has 12 heteroatoms. The van der Waals surface area contributed by atoms with Crippen molar-refractivity contribution >= 4 is 46.7 Å². The predicted octanol–water partition coefficient (Wildman–Crippen LogP) is 6.14. The average Bonchev–Trinajstić information content (AvgIpc) is 2.93. The van der Waals surface area contributed by atoms with E-state index in [1.807, 2.05) is 17.0 Å². The van der Waals surface area contributed by atoms with Gasteiger partial charge in [0.1, 0.15) is 17.1 Å². The Labute approximate surface area is 235 Å². The summed E-state index contributed by atoms with van der Waals surface area (Å²) < 4.78 is 46.8. The number of likely N-dealkylation sites (tertiary alicyclic amines) is 1. The van der Waals surface area contributed by atoms with E-state index in [2.05, 4.69) is 32.5 Å². The van der Waals surface area contributed by atoms with Gasteiger partial charge in [-0.15, -0.1) is 0 Å². The first-order valence-electron chi connectivity index (χ1n) is 12.7. The summed E-state index contributed by atoms with van der Waals surface area (Å²) in [6.45, 7) is 6.29. The molecule has 2 amide bonds. The minimum atomic E-state index is -4.72. The highest BCUT2D eigenvalue weighted by atomic mass is 19.4. The molecule has 0 aliphatic carbocycles. The van der Waals surface area contributed by atoms with Crippen LogP contribution in [0.3, 0.4) is 0 Å². The minimum absolute atomic E-state index is 0.0653. The molecule has 1 saturated heterocycles. The number of methoxy groups -OCH3 is 1. The Kier molecular flexibility index (Phi) is 8.91. The summed E-state index contributed by atoms with van der Waals surface area (Å²) >= 11 is 0. The fourth-order valence-corrected chi connectivity index (χ4v) is 4.26. The molecule has 1 aliphatic rings. The zero-order chi connectivity index (χ0) is 29.6. The highest BCUT2D eigenvalue weighted by molar-refractivity contribution is 5.99. The topological polar surface area (TPSA) is 108 Å². The molecule has 0 bridgehead atoms. The summed E-state index contributed by atoms with van der Waals surface area (Å²) in [5, 5.41) is 8.17. The molecule has 2 heterocycles. The number of amides is 2. The van der Waals surface area contributed by atoms with Crippen molar-refractivity contribution in [2.24, 2.45) is 0 Å². The number of ether oxygens (including phenoxy) is 1. The Hall–Kier alpha value is -4.87. The lowest BCUT2D eigenvalue weighted by Crippen LogP contribution is -2.34. The van der Waals surface area contributed by atoms with E-state index in [1.54, 1.807) is 37.3 Å². The predicted molar refractivity (Wildman–Crippen MR) is 151 cm³/mol. The summed E-state index contributed by atoms with van der Waals surface area (Å²) in [5.74, 6) is -0.502. The van der Waals surface area contributed by atoms with Crippen LogP contribution in [0.5, 0.6) is 5.75 Å². The lowest BCUT2D eigenvalue weighted by molar-refractivity contribution is -0.137. The van der Waals surface area contributed by atoms with Crippen LogP contribution in [0.4, 0.5) is 42.0 Å². The van der Waals surface area contributed by atoms with Gasteiger partial charge in [-0.1, -0.05) is 30.4 Å². The van der Waals surface area contributed by atoms with E-state index in [9.17, 15) is 22.8 Å². The number of anilines is 5. The molecule has 4 rings (SSSR count). The smallest absolute Gasteiger partial charge is 0.421 e. The van der Waals surface area contributed by atoms with Crippen LogP contribution in [0.1, 0.15) is 30.9 Å². The van der Waals surface area contributed by atoms with Crippen LogP contribution in [-0.4, -0.2) is 46.9 Å². The minimum Gasteiger partial charge on any atom is -0.495 e. The van der Waals surface area contributed by atoms with Crippen molar-refractivity contribution in [1.29, 1.82) is 0 Å². The zero-order valence-corrected chi connectivity index (χ0v) is 22.5. The SMILES string of the molecule is C=CC(=O)Nc1cccc(Nc2nc(Nc3ccc(C=C4CCN(C(C)=O)CC4)cc3OC)ncc2C(F)(F)F)c1. The van der Waals surface area contributed by atoms with Crippen molar-refractivity contribution in [2.45, 2.75) is 25.9 Å². The second-order valence-corrected chi connectivity index (χ2v) is 9.25. The van der Waals surface area contributed by atoms with E-state index in [0.29, 0.717) is 36.4 Å². The first kappa shape index (κ1) is 29.1. The molecular weight excluding hydrogens is 537 g/mol. The van der Waals surface area contributed by atoms with Gasteiger partial charge < -0.3 is 25.6 Å². The zero-order valence-electron chi connectivity index (χ0n) is 22.5. The molecule has 3 N–H and O–H groups in total. The normalized spacial score (nSPS) is 13.3. The van der Waals surface area contributed by atoms with Gasteiger partial charge >= 0.3 is 6.18 Å². The Bertz CT molecular complexity index is 1480. The Morgan fingerprint density at radius 3 is 2.46 bits per heavy atom. The van der Waals surface area contributed by atoms with Crippen molar-refractivity contribution < 1.29 is 27.5 Å². The number of nitrogens with one attached hydrogen (secondary N) is 3. The quantitative estimate of drug-likeness (QED) is 0.281. The fourth-order valence-electron chi connectivity index (χ4n) is 4.26. The molecule has 3 aromatic rings. The third-order valence-electron chi connectivity index (χ3n) is 6.37. The number of nitrogens with zero attached hydrogens (tertiary/aromatic N) is 3. The van der Waals surface area contributed by atoms with E-state index in [-0.39, 0.29) is 17.5 Å². The van der Waals surface area contributed by atoms with Crippen LogP contribution in [0.15, 0.2) is 66.9 Å². The molecule has 0 saturated carbocycles. The molecule has 0 unspecified atom stereocenters. The maximum atomic E-state index is 13.8. The van der Waals surface area contributed by atoms with E-state index in [1.165, 1.54) is 18.7 Å². The van der Waals surface area contributed by atoms with Crippen LogP contribution in [0.25, 0.3) is 6.08 Å². The molecule has 0 spiro atoms. The number of benzene rings is 2. The number of carbonyl (C=O) groups excluding carboxylic acids is 2. The van der Waals surface area contributed by atoms with E-state index in [4.69, 9.17) is 4.74 Å². The maximum absolute atomic E-state index is 13.8. The largest absolute Gasteiger partial charge is 0.495 e. The Morgan fingerprint density at radius 1 is 1.07 bits per heavy atom. The molecule has 214 valence electrons. The molecule has 1 fully saturated rings. The third-order valence-corrected chi connectivity index (χ3v) is 6.37. The first-order chi connectivity index (χ1) is 19.5. The Balaban J connectivity index is 1.56. The molecule has 0 atom stereocenters. The van der Waals surface area contributed by atoms with Crippen molar-refractivity contribution in [3.05, 3.63) is 78.0 Å². The summed E-state index contributed by atoms with van der Waals surface area (Å²) in [4.78, 5) is 33.0. The van der Waals surface area contributed by atoms with Gasteiger partial charge in [0.2, 0.25) is 17.8 Å². The number of hydrogen-bond acceptors (Lipinski definition) is 7. The number of hydrogen-bond donors (Lipinski definition) is 3. The average molecular weight is 567 g/mol. The number of carbonyl (C=O) groups is 2. The Morgan fingerprint density at radius 2 is 1.80 bits per heavy atom. The van der Waals surface area contributed by atoms with Gasteiger partial charge in [-0.05, 0) is 54.8 Å². The summed E-state index contributed by atoms with van der Waals surface area (Å²) in [7, 11) is 1.49. The molecule has 0 radical (unpaired) electrons. The summed E-state index contributed by atoms with van der Waals surface area (Å²) in [6, 6.07) is 11.6. The molecule has 1 aromatic heterocycles. The van der Waals surface area contributed by atoms with Crippen LogP contribution in [0, 0.1) is 0 Å². The number of piperidine rings is 1. The lowest BCUT2D eigenvalue weighted by Gasteiger charge is -2.27. The van der Waals surface area contributed by atoms with Gasteiger partial charge in [0.15, 0.2) is 0 Å². The van der Waals surface area contributed by atoms with Crippen LogP contribution >= 0.6 is 0 Å². The van der Waals surface area contributed by atoms with E-state index >= 15 is 0 Å². The van der Waals surface area contributed by atoms with E-state index < -0.39 is 23.5 Å². The number of halogens is 3. The molecular formula is C29H29F3N6O3. The van der Waals surface area contributed by atoms with Crippen LogP contribution in [0.2, 0.25) is 0 Å². The van der Waals surface area contributed by atoms with Gasteiger partial charge in [-0.25, -0.2) is 4.98 Å². The van der Waals surface area contributed by atoms with E-state index in [0.717, 1.165) is 24.5 Å². The number of rotatable bonds is 8. The summed E-state index contributed by atoms with van der Waals surface area (Å²) in [5.41, 5.74) is 2.13. The number of alkyl halides is 3. The standard InChI is InChI=1S/C29H29F3N6O3/c1-4-26(40)34-21-6-5-7-22(16-21)35-27-23(29(30,31)32)17-33-28(37-27)36-24-9-8-20(15-25(24)41-3)14-19-10-12-38(13-11-19)18(2)39/h4-9,14-17H,1,10-13H2,2-3H3,(H,34,40)(H2,33,35,36,37). The third kappa shape index (κ3) is 7.62. The number of aromatic nitrogens is 2. The van der Waals surface area contributed by atoms with Gasteiger partial charge in [0.25, 0.3) is 0 Å². The van der Waals surface area contributed by atoms with Gasteiger partial charge in [-0.3, -0.25) is 9.59 Å². The van der Waals surface area contributed by atoms with Crippen molar-refractivity contribution in [2.75, 3.05) is 36.1 Å². The monoisotopic (exact) mass is 566 g/mol. The van der Waals surface area contributed by atoms with Gasteiger partial charge in [0.05, 0.1) is 12.8 Å². The van der Waals surface area contributed by atoms with Crippen LogP contribution in [-0.2, 0) is 15.8 Å². The summed E-state index contributed by atoms with van der Waals surface area (Å²) in [6.07, 6.45) is 0.664. The maximum Gasteiger partial charge on any atom is 0.421 e. The van der Waals surface area contributed by atoms with Crippen molar-refractivity contribution in [3.8, 4) is 5.75 Å².